The Hall–Kier alpha value is -2.42. The highest BCUT2D eigenvalue weighted by Crippen LogP contribution is 2.37. The third-order valence-electron chi connectivity index (χ3n) is 6.05. The Morgan fingerprint density at radius 3 is 2.52 bits per heavy atom. The molecule has 1 saturated heterocycles. The molecule has 9 heteroatoms. The Morgan fingerprint density at radius 1 is 1.24 bits per heavy atom. The van der Waals surface area contributed by atoms with E-state index >= 15 is 0 Å². The molecule has 158 valence electrons. The molecule has 1 saturated carbocycles. The highest BCUT2D eigenvalue weighted by Gasteiger charge is 2.52. The van der Waals surface area contributed by atoms with Crippen LogP contribution in [0.25, 0.3) is 0 Å². The second-order valence-corrected chi connectivity index (χ2v) is 9.11. The van der Waals surface area contributed by atoms with Gasteiger partial charge in [-0.1, -0.05) is 19.3 Å². The zero-order chi connectivity index (χ0) is 21.3. The van der Waals surface area contributed by atoms with Crippen molar-refractivity contribution in [1.82, 2.24) is 10.2 Å². The summed E-state index contributed by atoms with van der Waals surface area (Å²) in [7, 11) is 1.28. The van der Waals surface area contributed by atoms with Crippen LogP contribution in [0.4, 0.5) is 9.80 Å². The molecule has 8 nitrogen and oxygen atoms in total. The number of aryl methyl sites for hydroxylation is 1. The molecule has 2 fully saturated rings. The lowest BCUT2D eigenvalue weighted by Gasteiger charge is -2.34. The lowest BCUT2D eigenvalue weighted by atomic mass is 9.75. The minimum Gasteiger partial charge on any atom is -0.465 e. The van der Waals surface area contributed by atoms with Gasteiger partial charge in [-0.25, -0.2) is 9.59 Å². The lowest BCUT2D eigenvalue weighted by molar-refractivity contribution is -0.135. The summed E-state index contributed by atoms with van der Waals surface area (Å²) >= 11 is 1.26. The number of amides is 4. The Balaban J connectivity index is 1.73. The van der Waals surface area contributed by atoms with E-state index < -0.39 is 30.0 Å². The third kappa shape index (κ3) is 3.88. The number of hydrogen-bond acceptors (Lipinski definition) is 6. The van der Waals surface area contributed by atoms with E-state index in [9.17, 15) is 19.2 Å². The van der Waals surface area contributed by atoms with Crippen molar-refractivity contribution in [3.05, 3.63) is 16.0 Å². The molecule has 0 aromatic carbocycles. The van der Waals surface area contributed by atoms with E-state index in [1.165, 1.54) is 18.4 Å². The number of ether oxygens (including phenoxy) is 1. The smallest absolute Gasteiger partial charge is 0.341 e. The normalized spacial score (nSPS) is 22.6. The van der Waals surface area contributed by atoms with Crippen LogP contribution in [0.1, 0.15) is 59.8 Å². The minimum atomic E-state index is -0.967. The molecule has 1 aliphatic heterocycles. The summed E-state index contributed by atoms with van der Waals surface area (Å²) in [5.41, 5.74) is 0.0649. The van der Waals surface area contributed by atoms with Crippen LogP contribution in [0, 0.1) is 19.8 Å². The van der Waals surface area contributed by atoms with Crippen LogP contribution in [0.2, 0.25) is 0 Å². The summed E-state index contributed by atoms with van der Waals surface area (Å²) in [5.74, 6) is -1.36. The first-order valence-corrected chi connectivity index (χ1v) is 10.6. The Bertz CT molecular complexity index is 859. The van der Waals surface area contributed by atoms with E-state index in [1.54, 1.807) is 13.8 Å². The molecule has 4 amide bonds. The molecule has 0 radical (unpaired) electrons. The number of urea groups is 1. The first kappa shape index (κ1) is 21.3. The van der Waals surface area contributed by atoms with Crippen molar-refractivity contribution in [3.63, 3.8) is 0 Å². The standard InChI is InChI=1S/C20H27N3O5S/c1-11-12(2)29-16(15(11)17(25)28-4)21-14(24)10-23-18(26)20(3,22-19(23)27)13-8-6-5-7-9-13/h13H,5-10H2,1-4H3,(H,21,24)(H,22,27)/t20-/m1/s1. The summed E-state index contributed by atoms with van der Waals surface area (Å²) in [4.78, 5) is 52.0. The quantitative estimate of drug-likeness (QED) is 0.562. The van der Waals surface area contributed by atoms with Crippen LogP contribution >= 0.6 is 11.3 Å². The number of carbonyl (C=O) groups excluding carboxylic acids is 4. The number of anilines is 1. The fraction of sp³-hybridized carbons (Fsp3) is 0.600. The number of nitrogens with zero attached hydrogens (tertiary/aromatic N) is 1. The first-order chi connectivity index (χ1) is 13.7. The van der Waals surface area contributed by atoms with E-state index in [-0.39, 0.29) is 11.8 Å². The fourth-order valence-corrected chi connectivity index (χ4v) is 5.25. The van der Waals surface area contributed by atoms with E-state index in [1.807, 2.05) is 6.92 Å². The molecule has 0 unspecified atom stereocenters. The number of thiophene rings is 1. The Labute approximate surface area is 174 Å². The van der Waals surface area contributed by atoms with Crippen LogP contribution in [0.5, 0.6) is 0 Å². The second kappa shape index (κ2) is 8.14. The van der Waals surface area contributed by atoms with E-state index in [0.717, 1.165) is 47.4 Å². The highest BCUT2D eigenvalue weighted by atomic mass is 32.1. The number of hydrogen-bond donors (Lipinski definition) is 2. The number of rotatable bonds is 5. The Kier molecular flexibility index (Phi) is 5.97. The van der Waals surface area contributed by atoms with Gasteiger partial charge in [-0.05, 0) is 45.1 Å². The van der Waals surface area contributed by atoms with Gasteiger partial charge in [-0.3, -0.25) is 14.5 Å². The van der Waals surface area contributed by atoms with E-state index in [0.29, 0.717) is 10.6 Å². The minimum absolute atomic E-state index is 0.0780. The van der Waals surface area contributed by atoms with Gasteiger partial charge in [0.1, 0.15) is 17.1 Å². The van der Waals surface area contributed by atoms with Gasteiger partial charge in [0.25, 0.3) is 5.91 Å². The van der Waals surface area contributed by atoms with Gasteiger partial charge < -0.3 is 15.4 Å². The molecule has 1 atom stereocenters. The maximum Gasteiger partial charge on any atom is 0.341 e. The van der Waals surface area contributed by atoms with Gasteiger partial charge in [-0.15, -0.1) is 11.3 Å². The topological polar surface area (TPSA) is 105 Å². The van der Waals surface area contributed by atoms with Crippen molar-refractivity contribution in [2.24, 2.45) is 5.92 Å². The number of methoxy groups -OCH3 is 1. The van der Waals surface area contributed by atoms with Crippen LogP contribution < -0.4 is 10.6 Å². The van der Waals surface area contributed by atoms with Crippen molar-refractivity contribution >= 4 is 40.2 Å². The predicted molar refractivity (Wildman–Crippen MR) is 109 cm³/mol. The van der Waals surface area contributed by atoms with Gasteiger partial charge in [0.15, 0.2) is 0 Å². The van der Waals surface area contributed by atoms with Crippen molar-refractivity contribution in [3.8, 4) is 0 Å². The summed E-state index contributed by atoms with van der Waals surface area (Å²) < 4.78 is 4.80. The molecule has 1 aliphatic carbocycles. The van der Waals surface area contributed by atoms with E-state index in [2.05, 4.69) is 10.6 Å². The SMILES string of the molecule is COC(=O)c1c(NC(=O)CN2C(=O)N[C@](C)(C3CCCCC3)C2=O)sc(C)c1C. The molecule has 2 N–H and O–H groups in total. The molecule has 1 aromatic rings. The molecular formula is C20H27N3O5S. The van der Waals surface area contributed by atoms with Crippen LogP contribution in [0.15, 0.2) is 0 Å². The van der Waals surface area contributed by atoms with Crippen LogP contribution in [-0.2, 0) is 14.3 Å². The second-order valence-electron chi connectivity index (χ2n) is 7.89. The number of carbonyl (C=O) groups is 4. The summed E-state index contributed by atoms with van der Waals surface area (Å²) in [5, 5.41) is 5.83. The molecular weight excluding hydrogens is 394 g/mol. The lowest BCUT2D eigenvalue weighted by Crippen LogP contribution is -2.51. The monoisotopic (exact) mass is 421 g/mol. The van der Waals surface area contributed by atoms with Crippen molar-refractivity contribution in [2.75, 3.05) is 19.0 Å². The zero-order valence-corrected chi connectivity index (χ0v) is 18.0. The summed E-state index contributed by atoms with van der Waals surface area (Å²) in [6.07, 6.45) is 5.00. The van der Waals surface area contributed by atoms with Crippen LogP contribution in [0.3, 0.4) is 0 Å². The van der Waals surface area contributed by atoms with Gasteiger partial charge >= 0.3 is 12.0 Å². The molecule has 0 bridgehead atoms. The highest BCUT2D eigenvalue weighted by molar-refractivity contribution is 7.16. The zero-order valence-electron chi connectivity index (χ0n) is 17.2. The summed E-state index contributed by atoms with van der Waals surface area (Å²) in [6, 6.07) is -0.551. The van der Waals surface area contributed by atoms with Gasteiger partial charge in [0, 0.05) is 4.88 Å². The first-order valence-electron chi connectivity index (χ1n) is 9.81. The third-order valence-corrected chi connectivity index (χ3v) is 7.18. The van der Waals surface area contributed by atoms with Gasteiger partial charge in [0.05, 0.1) is 12.7 Å². The number of nitrogens with one attached hydrogen (secondary N) is 2. The van der Waals surface area contributed by atoms with E-state index in [4.69, 9.17) is 4.74 Å². The largest absolute Gasteiger partial charge is 0.465 e. The summed E-state index contributed by atoms with van der Waals surface area (Å²) in [6.45, 7) is 4.97. The number of imide groups is 1. The average Bonchev–Trinajstić information content (AvgIpc) is 3.09. The van der Waals surface area contributed by atoms with Crippen LogP contribution in [-0.4, -0.2) is 47.9 Å². The predicted octanol–water partition coefficient (Wildman–Crippen LogP) is 2.98. The van der Waals surface area contributed by atoms with Crippen molar-refractivity contribution < 1.29 is 23.9 Å². The molecule has 2 aliphatic rings. The average molecular weight is 422 g/mol. The maximum absolute atomic E-state index is 13.0. The maximum atomic E-state index is 13.0. The molecule has 1 aromatic heterocycles. The van der Waals surface area contributed by atoms with Crippen molar-refractivity contribution in [2.45, 2.75) is 58.4 Å². The van der Waals surface area contributed by atoms with Gasteiger partial charge in [0.2, 0.25) is 5.91 Å². The molecule has 3 rings (SSSR count). The number of esters is 1. The molecule has 2 heterocycles. The molecule has 0 spiro atoms. The van der Waals surface area contributed by atoms with Gasteiger partial charge in [-0.2, -0.15) is 0 Å². The molecule has 29 heavy (non-hydrogen) atoms. The van der Waals surface area contributed by atoms with Crippen molar-refractivity contribution in [1.29, 1.82) is 0 Å². The fourth-order valence-electron chi connectivity index (χ4n) is 4.19. The Morgan fingerprint density at radius 2 is 1.90 bits per heavy atom.